The Morgan fingerprint density at radius 3 is 2.44 bits per heavy atom. The Hall–Kier alpha value is -2.42. The molecule has 7 nitrogen and oxygen atoms in total. The number of hydrogen-bond donors (Lipinski definition) is 1. The molecular formula is C24H31N3O4S. The fourth-order valence-corrected chi connectivity index (χ4v) is 5.73. The summed E-state index contributed by atoms with van der Waals surface area (Å²) in [5.41, 5.74) is 3.45. The van der Waals surface area contributed by atoms with Crippen LogP contribution in [0.3, 0.4) is 0 Å². The third-order valence-corrected chi connectivity index (χ3v) is 8.05. The summed E-state index contributed by atoms with van der Waals surface area (Å²) < 4.78 is 33.1. The van der Waals surface area contributed by atoms with Gasteiger partial charge in [0.05, 0.1) is 35.9 Å². The molecule has 0 bridgehead atoms. The molecule has 2 aliphatic heterocycles. The smallest absolute Gasteiger partial charge is 0.243 e. The van der Waals surface area contributed by atoms with Crippen LogP contribution >= 0.6 is 0 Å². The van der Waals surface area contributed by atoms with E-state index >= 15 is 0 Å². The molecule has 0 aromatic heterocycles. The number of nitrogens with zero attached hydrogens (tertiary/aromatic N) is 2. The van der Waals surface area contributed by atoms with Crippen molar-refractivity contribution in [1.82, 2.24) is 4.31 Å². The van der Waals surface area contributed by atoms with Crippen LogP contribution in [0.15, 0.2) is 47.4 Å². The topological polar surface area (TPSA) is 79.0 Å². The van der Waals surface area contributed by atoms with Gasteiger partial charge in [0.1, 0.15) is 0 Å². The highest BCUT2D eigenvalue weighted by Crippen LogP contribution is 2.32. The highest BCUT2D eigenvalue weighted by molar-refractivity contribution is 7.89. The van der Waals surface area contributed by atoms with Gasteiger partial charge >= 0.3 is 0 Å². The number of nitrogens with one attached hydrogen (secondary N) is 1. The summed E-state index contributed by atoms with van der Waals surface area (Å²) in [4.78, 5) is 15.4. The van der Waals surface area contributed by atoms with Gasteiger partial charge in [0, 0.05) is 26.2 Å². The standard InChI is InChI=1S/C24H31N3O4S/c1-19-7-3-4-8-20(19)17-24(28)25-22-18-21(32(29,30)27-13-15-31-16-14-27)9-10-23(22)26-11-5-2-6-12-26/h3-4,7-10,18H,2,5-6,11-17H2,1H3,(H,25,28). The molecule has 2 fully saturated rings. The van der Waals surface area contributed by atoms with Crippen LogP contribution in [-0.2, 0) is 26.0 Å². The number of benzene rings is 2. The van der Waals surface area contributed by atoms with E-state index in [-0.39, 0.29) is 17.2 Å². The van der Waals surface area contributed by atoms with Crippen molar-refractivity contribution in [2.24, 2.45) is 0 Å². The molecule has 0 unspecified atom stereocenters. The average molecular weight is 458 g/mol. The largest absolute Gasteiger partial charge is 0.379 e. The third kappa shape index (κ3) is 5.14. The van der Waals surface area contributed by atoms with Crippen molar-refractivity contribution in [2.45, 2.75) is 37.5 Å². The molecule has 0 atom stereocenters. The molecule has 4 rings (SSSR count). The average Bonchev–Trinajstić information content (AvgIpc) is 2.81. The molecule has 32 heavy (non-hydrogen) atoms. The van der Waals surface area contributed by atoms with Crippen LogP contribution in [0.4, 0.5) is 11.4 Å². The molecular weight excluding hydrogens is 426 g/mol. The van der Waals surface area contributed by atoms with Gasteiger partial charge in [-0.1, -0.05) is 24.3 Å². The van der Waals surface area contributed by atoms with Crippen molar-refractivity contribution in [3.8, 4) is 0 Å². The lowest BCUT2D eigenvalue weighted by molar-refractivity contribution is -0.115. The van der Waals surface area contributed by atoms with E-state index in [1.807, 2.05) is 37.3 Å². The van der Waals surface area contributed by atoms with Gasteiger partial charge in [-0.05, 0) is 55.5 Å². The number of hydrogen-bond acceptors (Lipinski definition) is 5. The number of carbonyl (C=O) groups excluding carboxylic acids is 1. The van der Waals surface area contributed by atoms with E-state index in [0.717, 1.165) is 42.7 Å². The molecule has 172 valence electrons. The maximum atomic E-state index is 13.2. The Bertz CT molecular complexity index is 1060. The third-order valence-electron chi connectivity index (χ3n) is 6.16. The molecule has 1 amide bonds. The van der Waals surface area contributed by atoms with E-state index in [1.165, 1.54) is 10.7 Å². The minimum Gasteiger partial charge on any atom is -0.379 e. The summed E-state index contributed by atoms with van der Waals surface area (Å²) in [5, 5.41) is 3.01. The number of rotatable bonds is 6. The lowest BCUT2D eigenvalue weighted by atomic mass is 10.1. The van der Waals surface area contributed by atoms with E-state index in [9.17, 15) is 13.2 Å². The van der Waals surface area contributed by atoms with Gasteiger partial charge in [-0.2, -0.15) is 4.31 Å². The predicted octanol–water partition coefficient (Wildman–Crippen LogP) is 3.19. The number of sulfonamides is 1. The lowest BCUT2D eigenvalue weighted by Gasteiger charge is -2.31. The van der Waals surface area contributed by atoms with Crippen LogP contribution < -0.4 is 10.2 Å². The number of aryl methyl sites for hydroxylation is 1. The zero-order valence-corrected chi connectivity index (χ0v) is 19.4. The molecule has 0 radical (unpaired) electrons. The van der Waals surface area contributed by atoms with Gasteiger partial charge in [-0.25, -0.2) is 8.42 Å². The predicted molar refractivity (Wildman–Crippen MR) is 126 cm³/mol. The molecule has 0 saturated carbocycles. The number of carbonyl (C=O) groups is 1. The second-order valence-electron chi connectivity index (χ2n) is 8.39. The Kier molecular flexibility index (Phi) is 7.13. The monoisotopic (exact) mass is 457 g/mol. The van der Waals surface area contributed by atoms with Crippen LogP contribution in [0.1, 0.15) is 30.4 Å². The zero-order valence-electron chi connectivity index (χ0n) is 18.5. The summed E-state index contributed by atoms with van der Waals surface area (Å²) in [6.45, 7) is 5.25. The van der Waals surface area contributed by atoms with Gasteiger partial charge in [-0.3, -0.25) is 4.79 Å². The number of anilines is 2. The van der Waals surface area contributed by atoms with Gasteiger partial charge in [0.2, 0.25) is 15.9 Å². The number of amides is 1. The molecule has 0 spiro atoms. The van der Waals surface area contributed by atoms with Crippen LogP contribution in [0.25, 0.3) is 0 Å². The van der Waals surface area contributed by atoms with Crippen molar-refractivity contribution in [1.29, 1.82) is 0 Å². The van der Waals surface area contributed by atoms with Crippen LogP contribution in [0.5, 0.6) is 0 Å². The second-order valence-corrected chi connectivity index (χ2v) is 10.3. The highest BCUT2D eigenvalue weighted by atomic mass is 32.2. The van der Waals surface area contributed by atoms with E-state index < -0.39 is 10.0 Å². The second kappa shape index (κ2) is 10.0. The normalized spacial score (nSPS) is 17.8. The Labute approximate surface area is 190 Å². The number of morpholine rings is 1. The summed E-state index contributed by atoms with van der Waals surface area (Å²) in [6.07, 6.45) is 3.61. The number of piperidine rings is 1. The molecule has 2 aliphatic rings. The molecule has 0 aliphatic carbocycles. The summed E-state index contributed by atoms with van der Waals surface area (Å²) in [5.74, 6) is -0.154. The first-order valence-corrected chi connectivity index (χ1v) is 12.7. The van der Waals surface area contributed by atoms with Gasteiger partial charge in [0.25, 0.3) is 0 Å². The van der Waals surface area contributed by atoms with Crippen molar-refractivity contribution in [2.75, 3.05) is 49.6 Å². The molecule has 8 heteroatoms. The maximum absolute atomic E-state index is 13.2. The molecule has 2 aromatic carbocycles. The molecule has 2 saturated heterocycles. The first-order valence-electron chi connectivity index (χ1n) is 11.3. The molecule has 2 heterocycles. The van der Waals surface area contributed by atoms with E-state index in [1.54, 1.807) is 12.1 Å². The lowest BCUT2D eigenvalue weighted by Crippen LogP contribution is -2.40. The first-order chi connectivity index (χ1) is 15.4. The van der Waals surface area contributed by atoms with Gasteiger partial charge < -0.3 is 15.0 Å². The minimum absolute atomic E-state index is 0.154. The maximum Gasteiger partial charge on any atom is 0.243 e. The quantitative estimate of drug-likeness (QED) is 0.721. The van der Waals surface area contributed by atoms with Crippen molar-refractivity contribution in [3.63, 3.8) is 0 Å². The fourth-order valence-electron chi connectivity index (χ4n) is 4.30. The minimum atomic E-state index is -3.65. The van der Waals surface area contributed by atoms with Crippen molar-refractivity contribution in [3.05, 3.63) is 53.6 Å². The Morgan fingerprint density at radius 1 is 1.00 bits per heavy atom. The molecule has 2 aromatic rings. The van der Waals surface area contributed by atoms with Crippen LogP contribution in [-0.4, -0.2) is 58.0 Å². The molecule has 1 N–H and O–H groups in total. The highest BCUT2D eigenvalue weighted by Gasteiger charge is 2.28. The van der Waals surface area contributed by atoms with E-state index in [4.69, 9.17) is 4.74 Å². The fraction of sp³-hybridized carbons (Fsp3) is 0.458. The first kappa shape index (κ1) is 22.8. The summed E-state index contributed by atoms with van der Waals surface area (Å²) in [7, 11) is -3.65. The van der Waals surface area contributed by atoms with Crippen molar-refractivity contribution < 1.29 is 17.9 Å². The van der Waals surface area contributed by atoms with E-state index in [2.05, 4.69) is 10.2 Å². The van der Waals surface area contributed by atoms with Crippen molar-refractivity contribution >= 4 is 27.3 Å². The number of ether oxygens (including phenoxy) is 1. The van der Waals surface area contributed by atoms with E-state index in [0.29, 0.717) is 32.0 Å². The van der Waals surface area contributed by atoms with Crippen LogP contribution in [0.2, 0.25) is 0 Å². The SMILES string of the molecule is Cc1ccccc1CC(=O)Nc1cc(S(=O)(=O)N2CCOCC2)ccc1N1CCCCC1. The summed E-state index contributed by atoms with van der Waals surface area (Å²) in [6, 6.07) is 12.9. The Morgan fingerprint density at radius 2 is 1.72 bits per heavy atom. The zero-order chi connectivity index (χ0) is 22.6. The van der Waals surface area contributed by atoms with Gasteiger partial charge in [0.15, 0.2) is 0 Å². The van der Waals surface area contributed by atoms with Crippen LogP contribution in [0, 0.1) is 6.92 Å². The Balaban J connectivity index is 1.63. The summed E-state index contributed by atoms with van der Waals surface area (Å²) >= 11 is 0. The van der Waals surface area contributed by atoms with Gasteiger partial charge in [-0.15, -0.1) is 0 Å².